The largest absolute Gasteiger partial charge is 0.444 e. The third-order valence-corrected chi connectivity index (χ3v) is 2.79. The van der Waals surface area contributed by atoms with Gasteiger partial charge in [-0.15, -0.1) is 0 Å². The van der Waals surface area contributed by atoms with E-state index in [-0.39, 0.29) is 18.6 Å². The van der Waals surface area contributed by atoms with E-state index in [0.29, 0.717) is 13.1 Å². The number of carbonyl (C=O) groups is 1. The standard InChI is InChI=1S/C12H24N2O4/c1-12(2,3)18-11(16)14-9-6-13-5-8(9)10(15)7-17-4/h8-10,13,15H,5-7H2,1-4H3,(H,14,16)/t8-,9+,10+/m1/s1. The van der Waals surface area contributed by atoms with E-state index in [2.05, 4.69) is 10.6 Å². The zero-order valence-electron chi connectivity index (χ0n) is 11.5. The van der Waals surface area contributed by atoms with E-state index in [4.69, 9.17) is 9.47 Å². The molecule has 6 heteroatoms. The van der Waals surface area contributed by atoms with Gasteiger partial charge in [0.1, 0.15) is 5.60 Å². The predicted octanol–water partition coefficient (Wildman–Crippen LogP) is 0.106. The summed E-state index contributed by atoms with van der Waals surface area (Å²) in [5, 5.41) is 15.8. The first kappa shape index (κ1) is 15.2. The van der Waals surface area contributed by atoms with E-state index >= 15 is 0 Å². The van der Waals surface area contributed by atoms with Crippen LogP contribution in [0.3, 0.4) is 0 Å². The van der Waals surface area contributed by atoms with E-state index in [0.717, 1.165) is 0 Å². The summed E-state index contributed by atoms with van der Waals surface area (Å²) in [6.07, 6.45) is -1.05. The number of amides is 1. The number of nitrogens with one attached hydrogen (secondary N) is 2. The average molecular weight is 260 g/mol. The second-order valence-electron chi connectivity index (χ2n) is 5.60. The van der Waals surface area contributed by atoms with Gasteiger partial charge in [-0.05, 0) is 20.8 Å². The minimum absolute atomic E-state index is 0.0579. The van der Waals surface area contributed by atoms with Crippen molar-refractivity contribution in [3.05, 3.63) is 0 Å². The van der Waals surface area contributed by atoms with Crippen LogP contribution in [0.2, 0.25) is 0 Å². The van der Waals surface area contributed by atoms with Crippen molar-refractivity contribution in [1.29, 1.82) is 0 Å². The molecule has 1 aliphatic heterocycles. The molecule has 1 rings (SSSR count). The maximum Gasteiger partial charge on any atom is 0.407 e. The number of hydrogen-bond donors (Lipinski definition) is 3. The fraction of sp³-hybridized carbons (Fsp3) is 0.917. The van der Waals surface area contributed by atoms with E-state index in [1.54, 1.807) is 7.11 Å². The summed E-state index contributed by atoms with van der Waals surface area (Å²) >= 11 is 0. The summed E-state index contributed by atoms with van der Waals surface area (Å²) in [5.74, 6) is -0.0579. The Bertz CT molecular complexity index is 278. The van der Waals surface area contributed by atoms with Gasteiger partial charge in [-0.1, -0.05) is 0 Å². The Morgan fingerprint density at radius 3 is 2.72 bits per heavy atom. The van der Waals surface area contributed by atoms with E-state index in [9.17, 15) is 9.90 Å². The summed E-state index contributed by atoms with van der Waals surface area (Å²) in [5.41, 5.74) is -0.517. The number of rotatable bonds is 4. The highest BCUT2D eigenvalue weighted by Crippen LogP contribution is 2.15. The van der Waals surface area contributed by atoms with Gasteiger partial charge < -0.3 is 25.2 Å². The zero-order chi connectivity index (χ0) is 13.8. The van der Waals surface area contributed by atoms with Gasteiger partial charge in [0.05, 0.1) is 18.8 Å². The lowest BCUT2D eigenvalue weighted by atomic mass is 9.97. The first-order valence-electron chi connectivity index (χ1n) is 6.20. The van der Waals surface area contributed by atoms with Crippen LogP contribution >= 0.6 is 0 Å². The predicted molar refractivity (Wildman–Crippen MR) is 67.4 cm³/mol. The summed E-state index contributed by atoms with van der Waals surface area (Å²) in [6.45, 7) is 7.00. The Labute approximate surface area is 108 Å². The number of carbonyl (C=O) groups excluding carboxylic acids is 1. The molecular formula is C12H24N2O4. The van der Waals surface area contributed by atoms with Crippen LogP contribution in [0, 0.1) is 5.92 Å². The molecule has 1 heterocycles. The molecule has 0 saturated carbocycles. The lowest BCUT2D eigenvalue weighted by molar-refractivity contribution is 0.0184. The summed E-state index contributed by atoms with van der Waals surface area (Å²) < 4.78 is 10.1. The first-order chi connectivity index (χ1) is 8.33. The molecule has 0 aromatic heterocycles. The third-order valence-electron chi connectivity index (χ3n) is 2.79. The third kappa shape index (κ3) is 4.80. The Kier molecular flexibility index (Phi) is 5.37. The lowest BCUT2D eigenvalue weighted by Gasteiger charge is -2.26. The molecule has 0 aromatic rings. The van der Waals surface area contributed by atoms with Gasteiger partial charge >= 0.3 is 6.09 Å². The maximum absolute atomic E-state index is 11.7. The molecule has 0 spiro atoms. The van der Waals surface area contributed by atoms with Crippen molar-refractivity contribution in [2.24, 2.45) is 5.92 Å². The SMILES string of the molecule is COC[C@H](O)[C@@H]1CNC[C@@H]1NC(=O)OC(C)(C)C. The monoisotopic (exact) mass is 260 g/mol. The molecule has 6 nitrogen and oxygen atoms in total. The maximum atomic E-state index is 11.7. The molecule has 0 unspecified atom stereocenters. The highest BCUT2D eigenvalue weighted by molar-refractivity contribution is 5.68. The molecule has 106 valence electrons. The smallest absolute Gasteiger partial charge is 0.407 e. The molecule has 1 amide bonds. The van der Waals surface area contributed by atoms with Crippen molar-refractivity contribution in [1.82, 2.24) is 10.6 Å². The number of hydrogen-bond acceptors (Lipinski definition) is 5. The highest BCUT2D eigenvalue weighted by atomic mass is 16.6. The molecule has 1 aliphatic rings. The van der Waals surface area contributed by atoms with Crippen molar-refractivity contribution in [2.75, 3.05) is 26.8 Å². The molecule has 3 atom stereocenters. The normalized spacial score (nSPS) is 25.8. The van der Waals surface area contributed by atoms with Crippen LogP contribution in [0.4, 0.5) is 4.79 Å². The van der Waals surface area contributed by atoms with Crippen molar-refractivity contribution in [3.63, 3.8) is 0 Å². The van der Waals surface area contributed by atoms with Gasteiger partial charge in [-0.3, -0.25) is 0 Å². The topological polar surface area (TPSA) is 79.8 Å². The molecule has 18 heavy (non-hydrogen) atoms. The van der Waals surface area contributed by atoms with E-state index in [1.807, 2.05) is 20.8 Å². The van der Waals surface area contributed by atoms with Crippen LogP contribution in [0.25, 0.3) is 0 Å². The summed E-state index contributed by atoms with van der Waals surface area (Å²) in [4.78, 5) is 11.7. The summed E-state index contributed by atoms with van der Waals surface area (Å²) in [6, 6.07) is -0.134. The second-order valence-corrected chi connectivity index (χ2v) is 5.60. The molecular weight excluding hydrogens is 236 g/mol. The number of methoxy groups -OCH3 is 1. The van der Waals surface area contributed by atoms with Crippen molar-refractivity contribution >= 4 is 6.09 Å². The Hall–Kier alpha value is -0.850. The molecule has 0 radical (unpaired) electrons. The Balaban J connectivity index is 2.47. The van der Waals surface area contributed by atoms with Crippen molar-refractivity contribution in [2.45, 2.75) is 38.5 Å². The van der Waals surface area contributed by atoms with Crippen LogP contribution in [-0.4, -0.2) is 55.8 Å². The van der Waals surface area contributed by atoms with Crippen LogP contribution in [-0.2, 0) is 9.47 Å². The highest BCUT2D eigenvalue weighted by Gasteiger charge is 2.34. The Morgan fingerprint density at radius 1 is 1.50 bits per heavy atom. The van der Waals surface area contributed by atoms with Crippen molar-refractivity contribution < 1.29 is 19.4 Å². The van der Waals surface area contributed by atoms with Gasteiger partial charge in [0, 0.05) is 26.1 Å². The molecule has 0 aromatic carbocycles. The quantitative estimate of drug-likeness (QED) is 0.668. The number of alkyl carbamates (subject to hydrolysis) is 1. The van der Waals surface area contributed by atoms with Crippen LogP contribution in [0.15, 0.2) is 0 Å². The van der Waals surface area contributed by atoms with Gasteiger partial charge in [0.15, 0.2) is 0 Å². The van der Waals surface area contributed by atoms with Crippen LogP contribution in [0.1, 0.15) is 20.8 Å². The van der Waals surface area contributed by atoms with Gasteiger partial charge in [0.2, 0.25) is 0 Å². The lowest BCUT2D eigenvalue weighted by Crippen LogP contribution is -2.46. The van der Waals surface area contributed by atoms with Gasteiger partial charge in [-0.25, -0.2) is 4.79 Å². The molecule has 1 fully saturated rings. The van der Waals surface area contributed by atoms with E-state index in [1.165, 1.54) is 0 Å². The molecule has 1 saturated heterocycles. The average Bonchev–Trinajstić information content (AvgIpc) is 2.62. The van der Waals surface area contributed by atoms with Crippen LogP contribution in [0.5, 0.6) is 0 Å². The molecule has 0 aliphatic carbocycles. The van der Waals surface area contributed by atoms with Crippen molar-refractivity contribution in [3.8, 4) is 0 Å². The second kappa shape index (κ2) is 6.36. The Morgan fingerprint density at radius 2 is 2.17 bits per heavy atom. The summed E-state index contributed by atoms with van der Waals surface area (Å²) in [7, 11) is 1.54. The number of aliphatic hydroxyl groups excluding tert-OH is 1. The minimum Gasteiger partial charge on any atom is -0.444 e. The number of aliphatic hydroxyl groups is 1. The van der Waals surface area contributed by atoms with Gasteiger partial charge in [-0.2, -0.15) is 0 Å². The zero-order valence-corrected chi connectivity index (χ0v) is 11.5. The van der Waals surface area contributed by atoms with E-state index < -0.39 is 17.8 Å². The molecule has 3 N–H and O–H groups in total. The van der Waals surface area contributed by atoms with Crippen LogP contribution < -0.4 is 10.6 Å². The fourth-order valence-corrected chi connectivity index (χ4v) is 2.01. The molecule has 0 bridgehead atoms. The van der Waals surface area contributed by atoms with Gasteiger partial charge in [0.25, 0.3) is 0 Å². The first-order valence-corrected chi connectivity index (χ1v) is 6.20. The minimum atomic E-state index is -0.593. The fourth-order valence-electron chi connectivity index (χ4n) is 2.01. The number of ether oxygens (including phenoxy) is 2.